The number of anilines is 1. The Morgan fingerprint density at radius 3 is 2.70 bits per heavy atom. The number of aromatic nitrogens is 2. The van der Waals surface area contributed by atoms with Gasteiger partial charge in [0.25, 0.3) is 5.56 Å². The number of hydrogen-bond acceptors (Lipinski definition) is 6. The minimum atomic E-state index is -0.330. The van der Waals surface area contributed by atoms with Crippen molar-refractivity contribution in [2.45, 2.75) is 25.0 Å². The lowest BCUT2D eigenvalue weighted by Gasteiger charge is -2.42. The fourth-order valence-electron chi connectivity index (χ4n) is 4.12. The molecule has 154 valence electrons. The van der Waals surface area contributed by atoms with Gasteiger partial charge in [0.15, 0.2) is 0 Å². The minimum Gasteiger partial charge on any atom is -0.493 e. The number of nitrogens with zero attached hydrogens (tertiary/aromatic N) is 4. The second-order valence-electron chi connectivity index (χ2n) is 7.91. The van der Waals surface area contributed by atoms with Crippen LogP contribution in [0.3, 0.4) is 0 Å². The Balaban J connectivity index is 1.31. The third-order valence-corrected chi connectivity index (χ3v) is 5.90. The Kier molecular flexibility index (Phi) is 4.34. The number of carbonyl (C=O) groups excluding carboxylic acids is 1. The smallest absolute Gasteiger partial charge is 0.410 e. The quantitative estimate of drug-likeness (QED) is 0.719. The first-order valence-electron chi connectivity index (χ1n) is 10.00. The molecule has 0 radical (unpaired) electrons. The predicted octanol–water partition coefficient (Wildman–Crippen LogP) is 2.39. The van der Waals surface area contributed by atoms with E-state index in [2.05, 4.69) is 9.88 Å². The van der Waals surface area contributed by atoms with Crippen molar-refractivity contribution in [3.63, 3.8) is 0 Å². The van der Waals surface area contributed by atoms with E-state index in [1.807, 2.05) is 41.3 Å². The lowest BCUT2D eigenvalue weighted by molar-refractivity contribution is 0.0702. The van der Waals surface area contributed by atoms with Crippen LogP contribution in [0, 0.1) is 0 Å². The van der Waals surface area contributed by atoms with E-state index in [0.29, 0.717) is 25.3 Å². The topological polar surface area (TPSA) is 87.4 Å². The lowest BCUT2D eigenvalue weighted by atomic mass is 10.1. The molecule has 0 unspecified atom stereocenters. The standard InChI is InChI=1S/C22H22N4O4/c27-19-12-20(28)25-13-17(6-7-18(25)23-19)24-10-11-26(22(15-24)8-9-22)21(29)30-14-16-4-2-1-3-5-16/h1-7,12-13,27H,8-11,14-15H2. The van der Waals surface area contributed by atoms with Crippen molar-refractivity contribution in [1.82, 2.24) is 14.3 Å². The van der Waals surface area contributed by atoms with Gasteiger partial charge in [-0.3, -0.25) is 14.1 Å². The highest BCUT2D eigenvalue weighted by Gasteiger charge is 2.54. The van der Waals surface area contributed by atoms with E-state index in [9.17, 15) is 14.7 Å². The molecular formula is C22H22N4O4. The minimum absolute atomic E-state index is 0.209. The van der Waals surface area contributed by atoms with Gasteiger partial charge in [-0.2, -0.15) is 4.98 Å². The molecule has 3 aromatic rings. The summed E-state index contributed by atoms with van der Waals surface area (Å²) < 4.78 is 6.99. The van der Waals surface area contributed by atoms with Gasteiger partial charge in [-0.15, -0.1) is 0 Å². The first-order chi connectivity index (χ1) is 14.5. The molecule has 2 aliphatic rings. The van der Waals surface area contributed by atoms with Crippen LogP contribution in [0.5, 0.6) is 5.88 Å². The number of hydrogen-bond donors (Lipinski definition) is 1. The van der Waals surface area contributed by atoms with E-state index < -0.39 is 0 Å². The first-order valence-corrected chi connectivity index (χ1v) is 10.00. The zero-order valence-electron chi connectivity index (χ0n) is 16.4. The third-order valence-electron chi connectivity index (χ3n) is 5.90. The molecule has 2 fully saturated rings. The van der Waals surface area contributed by atoms with Gasteiger partial charge in [-0.05, 0) is 30.5 Å². The van der Waals surface area contributed by atoms with Crippen molar-refractivity contribution in [1.29, 1.82) is 0 Å². The van der Waals surface area contributed by atoms with Crippen molar-refractivity contribution in [2.75, 3.05) is 24.5 Å². The molecule has 1 aromatic carbocycles. The van der Waals surface area contributed by atoms with E-state index in [1.54, 1.807) is 12.3 Å². The van der Waals surface area contributed by atoms with Gasteiger partial charge in [0, 0.05) is 25.8 Å². The molecule has 2 aromatic heterocycles. The van der Waals surface area contributed by atoms with Gasteiger partial charge < -0.3 is 14.7 Å². The molecule has 1 spiro atoms. The maximum atomic E-state index is 12.7. The maximum absolute atomic E-state index is 12.7. The molecule has 1 aliphatic heterocycles. The predicted molar refractivity (Wildman–Crippen MR) is 111 cm³/mol. The normalized spacial score (nSPS) is 17.3. The monoisotopic (exact) mass is 406 g/mol. The fraction of sp³-hybridized carbons (Fsp3) is 0.318. The number of benzene rings is 1. The number of amides is 1. The molecule has 1 N–H and O–H groups in total. The summed E-state index contributed by atoms with van der Waals surface area (Å²) in [5, 5.41) is 9.52. The molecule has 8 nitrogen and oxygen atoms in total. The van der Waals surface area contributed by atoms with E-state index in [-0.39, 0.29) is 29.7 Å². The van der Waals surface area contributed by atoms with Crippen LogP contribution < -0.4 is 10.5 Å². The number of aromatic hydroxyl groups is 1. The van der Waals surface area contributed by atoms with Gasteiger partial charge in [0.2, 0.25) is 5.88 Å². The molecule has 30 heavy (non-hydrogen) atoms. The summed E-state index contributed by atoms with van der Waals surface area (Å²) in [6.07, 6.45) is 3.34. The number of pyridine rings is 1. The summed E-state index contributed by atoms with van der Waals surface area (Å²) in [6.45, 7) is 2.17. The SMILES string of the molecule is O=C(OCc1ccccc1)N1CCN(c2ccc3nc(O)cc(=O)n3c2)CC12CC2. The zero-order valence-corrected chi connectivity index (χ0v) is 16.4. The fourth-order valence-corrected chi connectivity index (χ4v) is 4.12. The molecule has 0 bridgehead atoms. The van der Waals surface area contributed by atoms with Gasteiger partial charge in [0.1, 0.15) is 12.3 Å². The second kappa shape index (κ2) is 7.05. The molecular weight excluding hydrogens is 384 g/mol. The molecule has 8 heteroatoms. The van der Waals surface area contributed by atoms with Crippen LogP contribution in [0.25, 0.3) is 5.65 Å². The Bertz CT molecular complexity index is 1160. The van der Waals surface area contributed by atoms with Gasteiger partial charge in [0.05, 0.1) is 17.3 Å². The molecule has 0 atom stereocenters. The van der Waals surface area contributed by atoms with Crippen molar-refractivity contribution in [3.05, 3.63) is 70.6 Å². The van der Waals surface area contributed by atoms with Gasteiger partial charge in [-0.25, -0.2) is 4.79 Å². The number of fused-ring (bicyclic) bond motifs is 1. The van der Waals surface area contributed by atoms with Gasteiger partial charge >= 0.3 is 6.09 Å². The summed E-state index contributed by atoms with van der Waals surface area (Å²) in [5.74, 6) is -0.285. The summed E-state index contributed by atoms with van der Waals surface area (Å²) in [5.41, 5.74) is 1.71. The van der Waals surface area contributed by atoms with Crippen LogP contribution in [0.2, 0.25) is 0 Å². The van der Waals surface area contributed by atoms with Crippen LogP contribution in [0.15, 0.2) is 59.5 Å². The Hall–Kier alpha value is -3.55. The van der Waals surface area contributed by atoms with Crippen LogP contribution in [0.1, 0.15) is 18.4 Å². The van der Waals surface area contributed by atoms with Crippen LogP contribution in [-0.2, 0) is 11.3 Å². The summed E-state index contributed by atoms with van der Waals surface area (Å²) in [7, 11) is 0. The highest BCUT2D eigenvalue weighted by atomic mass is 16.6. The van der Waals surface area contributed by atoms with E-state index in [4.69, 9.17) is 4.74 Å². The van der Waals surface area contributed by atoms with E-state index >= 15 is 0 Å². The largest absolute Gasteiger partial charge is 0.493 e. The van der Waals surface area contributed by atoms with Crippen molar-refractivity contribution in [2.24, 2.45) is 0 Å². The van der Waals surface area contributed by atoms with Crippen molar-refractivity contribution >= 4 is 17.4 Å². The second-order valence-corrected chi connectivity index (χ2v) is 7.91. The average molecular weight is 406 g/mol. The number of rotatable bonds is 3. The zero-order chi connectivity index (χ0) is 20.7. The van der Waals surface area contributed by atoms with Crippen molar-refractivity contribution < 1.29 is 14.6 Å². The average Bonchev–Trinajstić information content (AvgIpc) is 3.51. The number of carbonyl (C=O) groups is 1. The Morgan fingerprint density at radius 1 is 1.13 bits per heavy atom. The summed E-state index contributed by atoms with van der Waals surface area (Å²) >= 11 is 0. The summed E-state index contributed by atoms with van der Waals surface area (Å²) in [6, 6.07) is 14.4. The number of piperazine rings is 1. The van der Waals surface area contributed by atoms with E-state index in [1.165, 1.54) is 4.40 Å². The Labute approximate surface area is 172 Å². The molecule has 3 heterocycles. The van der Waals surface area contributed by atoms with Crippen LogP contribution >= 0.6 is 0 Å². The first kappa shape index (κ1) is 18.5. The highest BCUT2D eigenvalue weighted by Crippen LogP contribution is 2.45. The number of ether oxygens (including phenoxy) is 1. The summed E-state index contributed by atoms with van der Waals surface area (Å²) in [4.78, 5) is 32.9. The van der Waals surface area contributed by atoms with Gasteiger partial charge in [-0.1, -0.05) is 30.3 Å². The molecule has 1 saturated heterocycles. The molecule has 1 aliphatic carbocycles. The Morgan fingerprint density at radius 2 is 1.93 bits per heavy atom. The van der Waals surface area contributed by atoms with Crippen LogP contribution in [0.4, 0.5) is 10.5 Å². The van der Waals surface area contributed by atoms with Crippen molar-refractivity contribution in [3.8, 4) is 5.88 Å². The lowest BCUT2D eigenvalue weighted by Crippen LogP contribution is -2.57. The van der Waals surface area contributed by atoms with E-state index in [0.717, 1.165) is 30.2 Å². The highest BCUT2D eigenvalue weighted by molar-refractivity contribution is 5.70. The third kappa shape index (κ3) is 3.34. The molecule has 1 amide bonds. The molecule has 5 rings (SSSR count). The maximum Gasteiger partial charge on any atom is 0.410 e. The molecule has 1 saturated carbocycles. The van der Waals surface area contributed by atoms with Crippen LogP contribution in [-0.4, -0.2) is 50.7 Å².